The Morgan fingerprint density at radius 2 is 1.91 bits per heavy atom. The molecule has 2 unspecified atom stereocenters. The number of rotatable bonds is 7. The Hall–Kier alpha value is -2.13. The molecule has 2 aromatic carbocycles. The minimum atomic E-state index is -3.70. The number of carbonyl (C=O) groups excluding carboxylic acids is 1. The number of nitrogens with one attached hydrogen (secondary N) is 1. The van der Waals surface area contributed by atoms with Crippen LogP contribution < -0.4 is 10.1 Å². The van der Waals surface area contributed by atoms with Gasteiger partial charge >= 0.3 is 0 Å². The molecule has 1 N–H and O–H groups in total. The van der Waals surface area contributed by atoms with E-state index < -0.39 is 10.0 Å². The number of amides is 1. The fraction of sp³-hybridized carbons (Fsp3) is 0.435. The van der Waals surface area contributed by atoms with Gasteiger partial charge in [-0.3, -0.25) is 4.79 Å². The van der Waals surface area contributed by atoms with E-state index in [1.807, 2.05) is 38.1 Å². The summed E-state index contributed by atoms with van der Waals surface area (Å²) in [4.78, 5) is 13.1. The highest BCUT2D eigenvalue weighted by Crippen LogP contribution is 2.50. The lowest BCUT2D eigenvalue weighted by Gasteiger charge is -2.26. The molecular weight excluding hydrogens is 452 g/mol. The van der Waals surface area contributed by atoms with Gasteiger partial charge in [-0.25, -0.2) is 8.42 Å². The van der Waals surface area contributed by atoms with E-state index >= 15 is 0 Å². The fourth-order valence-electron chi connectivity index (χ4n) is 3.89. The topological polar surface area (TPSA) is 84.9 Å². The summed E-state index contributed by atoms with van der Waals surface area (Å²) in [6, 6.07) is 12.1. The maximum Gasteiger partial charge on any atom is 0.243 e. The van der Waals surface area contributed by atoms with Crippen LogP contribution in [-0.4, -0.2) is 51.0 Å². The molecule has 0 spiro atoms. The molecule has 1 aliphatic heterocycles. The maximum atomic E-state index is 13.1. The van der Waals surface area contributed by atoms with Gasteiger partial charge in [-0.2, -0.15) is 4.31 Å². The van der Waals surface area contributed by atoms with Gasteiger partial charge in [0.1, 0.15) is 5.75 Å². The molecule has 172 valence electrons. The standard InChI is InChI=1S/C23H27ClN2O5S/c1-15(2)31-22-8-7-16(32(28,29)26-9-11-30-12-10-26)13-21(22)25-23(27)19-14-18(19)17-5-3-4-6-20(17)24/h3-8,13,15,18-19H,9-12,14H2,1-2H3,(H,25,27). The summed E-state index contributed by atoms with van der Waals surface area (Å²) in [6.45, 7) is 5.08. The molecule has 1 saturated carbocycles. The molecule has 0 aromatic heterocycles. The van der Waals surface area contributed by atoms with Crippen molar-refractivity contribution in [1.82, 2.24) is 4.31 Å². The molecule has 2 aromatic rings. The first-order chi connectivity index (χ1) is 15.3. The number of sulfonamides is 1. The smallest absolute Gasteiger partial charge is 0.243 e. The molecule has 1 amide bonds. The number of anilines is 1. The first kappa shape index (κ1) is 23.0. The first-order valence-electron chi connectivity index (χ1n) is 10.7. The monoisotopic (exact) mass is 478 g/mol. The summed E-state index contributed by atoms with van der Waals surface area (Å²) in [5.41, 5.74) is 1.31. The zero-order chi connectivity index (χ0) is 22.9. The van der Waals surface area contributed by atoms with E-state index in [9.17, 15) is 13.2 Å². The minimum absolute atomic E-state index is 0.0541. The number of halogens is 1. The molecule has 32 heavy (non-hydrogen) atoms. The van der Waals surface area contributed by atoms with Gasteiger partial charge in [0.15, 0.2) is 0 Å². The molecule has 2 atom stereocenters. The number of morpholine rings is 1. The van der Waals surface area contributed by atoms with Crippen LogP contribution >= 0.6 is 11.6 Å². The Bertz CT molecular complexity index is 1100. The minimum Gasteiger partial charge on any atom is -0.489 e. The van der Waals surface area contributed by atoms with Crippen molar-refractivity contribution in [2.24, 2.45) is 5.92 Å². The van der Waals surface area contributed by atoms with Crippen LogP contribution in [0.2, 0.25) is 5.02 Å². The molecule has 1 aliphatic carbocycles. The average Bonchev–Trinajstić information content (AvgIpc) is 3.56. The van der Waals surface area contributed by atoms with Crippen LogP contribution in [0.15, 0.2) is 47.4 Å². The van der Waals surface area contributed by atoms with Gasteiger partial charge in [-0.05, 0) is 56.0 Å². The summed E-state index contributed by atoms with van der Waals surface area (Å²) in [7, 11) is -3.70. The highest BCUT2D eigenvalue weighted by molar-refractivity contribution is 7.89. The third-order valence-corrected chi connectivity index (χ3v) is 7.85. The molecule has 2 aliphatic rings. The van der Waals surface area contributed by atoms with E-state index in [-0.39, 0.29) is 28.7 Å². The SMILES string of the molecule is CC(C)Oc1ccc(S(=O)(=O)N2CCOCC2)cc1NC(=O)C1CC1c1ccccc1Cl. The predicted molar refractivity (Wildman–Crippen MR) is 123 cm³/mol. The van der Waals surface area contributed by atoms with Gasteiger partial charge in [-0.1, -0.05) is 29.8 Å². The molecule has 9 heteroatoms. The van der Waals surface area contributed by atoms with Gasteiger partial charge in [0.25, 0.3) is 0 Å². The van der Waals surface area contributed by atoms with Gasteiger partial charge in [0.2, 0.25) is 15.9 Å². The number of nitrogens with zero attached hydrogens (tertiary/aromatic N) is 1. The van der Waals surface area contributed by atoms with Crippen molar-refractivity contribution in [2.75, 3.05) is 31.6 Å². The molecular formula is C23H27ClN2O5S. The van der Waals surface area contributed by atoms with Crippen molar-refractivity contribution < 1.29 is 22.7 Å². The van der Waals surface area contributed by atoms with Crippen LogP contribution in [0.1, 0.15) is 31.7 Å². The Balaban J connectivity index is 1.57. The zero-order valence-corrected chi connectivity index (χ0v) is 19.7. The molecule has 2 fully saturated rings. The summed E-state index contributed by atoms with van der Waals surface area (Å²) in [5, 5.41) is 3.55. The predicted octanol–water partition coefficient (Wildman–Crippen LogP) is 3.89. The fourth-order valence-corrected chi connectivity index (χ4v) is 5.60. The molecule has 0 bridgehead atoms. The van der Waals surface area contributed by atoms with Crippen LogP contribution in [0.5, 0.6) is 5.75 Å². The van der Waals surface area contributed by atoms with E-state index in [0.717, 1.165) is 5.56 Å². The number of hydrogen-bond donors (Lipinski definition) is 1. The van der Waals surface area contributed by atoms with Crippen LogP contribution in [0, 0.1) is 5.92 Å². The Morgan fingerprint density at radius 3 is 2.59 bits per heavy atom. The van der Waals surface area contributed by atoms with Crippen molar-refractivity contribution in [1.29, 1.82) is 0 Å². The number of hydrogen-bond acceptors (Lipinski definition) is 5. The van der Waals surface area contributed by atoms with Crippen LogP contribution in [0.25, 0.3) is 0 Å². The van der Waals surface area contributed by atoms with E-state index in [4.69, 9.17) is 21.1 Å². The van der Waals surface area contributed by atoms with Crippen molar-refractivity contribution >= 4 is 33.2 Å². The summed E-state index contributed by atoms with van der Waals surface area (Å²) in [5.74, 6) is 0.0911. The quantitative estimate of drug-likeness (QED) is 0.652. The van der Waals surface area contributed by atoms with Gasteiger partial charge < -0.3 is 14.8 Å². The van der Waals surface area contributed by atoms with Crippen molar-refractivity contribution in [2.45, 2.75) is 37.2 Å². The molecule has 7 nitrogen and oxygen atoms in total. The Labute approximate surface area is 193 Å². The Morgan fingerprint density at radius 1 is 1.19 bits per heavy atom. The summed E-state index contributed by atoms with van der Waals surface area (Å²) >= 11 is 6.28. The van der Waals surface area contributed by atoms with E-state index in [2.05, 4.69) is 5.32 Å². The van der Waals surface area contributed by atoms with Crippen molar-refractivity contribution in [3.05, 3.63) is 53.1 Å². The third kappa shape index (κ3) is 4.93. The number of carbonyl (C=O) groups is 1. The second-order valence-electron chi connectivity index (χ2n) is 8.30. The zero-order valence-electron chi connectivity index (χ0n) is 18.1. The van der Waals surface area contributed by atoms with Crippen molar-refractivity contribution in [3.8, 4) is 5.75 Å². The lowest BCUT2D eigenvalue weighted by molar-refractivity contribution is -0.117. The van der Waals surface area contributed by atoms with E-state index in [1.54, 1.807) is 6.07 Å². The van der Waals surface area contributed by atoms with E-state index in [0.29, 0.717) is 49.2 Å². The normalized spacial score (nSPS) is 21.4. The second kappa shape index (κ2) is 9.39. The van der Waals surface area contributed by atoms with E-state index in [1.165, 1.54) is 16.4 Å². The van der Waals surface area contributed by atoms with Crippen molar-refractivity contribution in [3.63, 3.8) is 0 Å². The Kier molecular flexibility index (Phi) is 6.76. The highest BCUT2D eigenvalue weighted by atomic mass is 35.5. The average molecular weight is 479 g/mol. The van der Waals surface area contributed by atoms with Gasteiger partial charge in [-0.15, -0.1) is 0 Å². The number of benzene rings is 2. The van der Waals surface area contributed by atoms with Crippen LogP contribution in [0.3, 0.4) is 0 Å². The van der Waals surface area contributed by atoms with Gasteiger partial charge in [0, 0.05) is 24.0 Å². The second-order valence-corrected chi connectivity index (χ2v) is 10.6. The largest absolute Gasteiger partial charge is 0.489 e. The third-order valence-electron chi connectivity index (χ3n) is 5.61. The van der Waals surface area contributed by atoms with Crippen LogP contribution in [-0.2, 0) is 19.6 Å². The number of ether oxygens (including phenoxy) is 2. The lowest BCUT2D eigenvalue weighted by Crippen LogP contribution is -2.40. The maximum absolute atomic E-state index is 13.1. The lowest BCUT2D eigenvalue weighted by atomic mass is 10.1. The molecule has 0 radical (unpaired) electrons. The highest BCUT2D eigenvalue weighted by Gasteiger charge is 2.45. The molecule has 1 saturated heterocycles. The van der Waals surface area contributed by atoms with Gasteiger partial charge in [0.05, 0.1) is 29.9 Å². The molecule has 4 rings (SSSR count). The first-order valence-corrected chi connectivity index (χ1v) is 12.5. The summed E-state index contributed by atoms with van der Waals surface area (Å²) in [6.07, 6.45) is 0.561. The summed E-state index contributed by atoms with van der Waals surface area (Å²) < 4.78 is 38.7. The molecule has 1 heterocycles. The van der Waals surface area contributed by atoms with Crippen LogP contribution in [0.4, 0.5) is 5.69 Å².